The molecular weight excluding hydrogens is 491 g/mol. The third-order valence-corrected chi connectivity index (χ3v) is 6.25. The van der Waals surface area contributed by atoms with Crippen LogP contribution in [0.3, 0.4) is 0 Å². The van der Waals surface area contributed by atoms with Crippen molar-refractivity contribution in [3.63, 3.8) is 0 Å². The summed E-state index contributed by atoms with van der Waals surface area (Å²) in [6, 6.07) is 20.0. The molecule has 0 atom stereocenters. The van der Waals surface area contributed by atoms with E-state index in [0.29, 0.717) is 0 Å². The Hall–Kier alpha value is -1.74. The minimum absolute atomic E-state index is 0. The van der Waals surface area contributed by atoms with Crippen LogP contribution in [0.5, 0.6) is 0 Å². The second-order valence-corrected chi connectivity index (χ2v) is 12.0. The van der Waals surface area contributed by atoms with E-state index >= 15 is 0 Å². The van der Waals surface area contributed by atoms with E-state index in [2.05, 4.69) is 55.0 Å². The van der Waals surface area contributed by atoms with Crippen LogP contribution in [0.25, 0.3) is 33.2 Å². The van der Waals surface area contributed by atoms with E-state index < -0.39 is 8.07 Å². The maximum absolute atomic E-state index is 5.86. The predicted octanol–water partition coefficient (Wildman–Crippen LogP) is 4.99. The smallest absolute Gasteiger partial charge is 0.151 e. The van der Waals surface area contributed by atoms with Gasteiger partial charge in [0.25, 0.3) is 0 Å². The molecule has 0 aliphatic heterocycles. The van der Waals surface area contributed by atoms with Gasteiger partial charge in [-0.2, -0.15) is 0 Å². The first kappa shape index (κ1) is 17.1. The molecule has 0 bridgehead atoms. The van der Waals surface area contributed by atoms with E-state index in [4.69, 9.17) is 4.42 Å². The fourth-order valence-electron chi connectivity index (χ4n) is 2.86. The Kier molecular flexibility index (Phi) is 4.47. The van der Waals surface area contributed by atoms with Gasteiger partial charge in [0.2, 0.25) is 0 Å². The first-order valence-electron chi connectivity index (χ1n) is 7.82. The molecule has 2 nitrogen and oxygen atoms in total. The number of benzene rings is 2. The van der Waals surface area contributed by atoms with Crippen LogP contribution < -0.4 is 5.19 Å². The van der Waals surface area contributed by atoms with Crippen LogP contribution in [-0.4, -0.2) is 13.1 Å². The number of hydrogen-bond donors (Lipinski definition) is 0. The molecule has 2 aromatic heterocycles. The average molecular weight is 509 g/mol. The van der Waals surface area contributed by atoms with E-state index in [-0.39, 0.29) is 20.1 Å². The van der Waals surface area contributed by atoms with Crippen LogP contribution in [-0.2, 0) is 20.1 Å². The van der Waals surface area contributed by atoms with Gasteiger partial charge in [-0.1, -0.05) is 43.9 Å². The van der Waals surface area contributed by atoms with E-state index in [1.54, 1.807) is 0 Å². The summed E-state index contributed by atoms with van der Waals surface area (Å²) in [7, 11) is -1.35. The number of nitrogens with zero attached hydrogens (tertiary/aromatic N) is 1. The molecule has 0 saturated carbocycles. The molecule has 0 amide bonds. The summed E-state index contributed by atoms with van der Waals surface area (Å²) in [5.41, 5.74) is 3.74. The Morgan fingerprint density at radius 2 is 1.75 bits per heavy atom. The summed E-state index contributed by atoms with van der Waals surface area (Å²) < 4.78 is 5.86. The summed E-state index contributed by atoms with van der Waals surface area (Å²) in [6.45, 7) is 7.06. The zero-order valence-electron chi connectivity index (χ0n) is 13.9. The van der Waals surface area contributed by atoms with Gasteiger partial charge in [0.05, 0.1) is 14.3 Å². The SMILES string of the molecule is C[Si](C)(C)c1cc[c-]c(-c2cc3c(cn2)oc2ccccc23)c1.[Ir]. The molecule has 0 N–H and O–H groups in total. The number of furan rings is 1. The summed E-state index contributed by atoms with van der Waals surface area (Å²) in [6.07, 6.45) is 1.82. The summed E-state index contributed by atoms with van der Waals surface area (Å²) >= 11 is 0. The largest absolute Gasteiger partial charge is 0.455 e. The molecule has 24 heavy (non-hydrogen) atoms. The van der Waals surface area contributed by atoms with E-state index in [1.165, 1.54) is 5.19 Å². The standard InChI is InChI=1S/C20H18NOSi.Ir/c1-23(2,3)15-8-6-7-14(11-15)18-12-17-16-9-4-5-10-19(16)22-20(17)13-21-18;/h4-6,8-13H,1-3H3;/q-1;. The molecule has 0 aliphatic carbocycles. The molecule has 2 heterocycles. The van der Waals surface area contributed by atoms with Gasteiger partial charge in [0.1, 0.15) is 5.58 Å². The summed E-state index contributed by atoms with van der Waals surface area (Å²) in [5, 5.41) is 3.66. The molecule has 0 saturated heterocycles. The maximum Gasteiger partial charge on any atom is 0.151 e. The number of fused-ring (bicyclic) bond motifs is 3. The first-order chi connectivity index (χ1) is 11.0. The maximum atomic E-state index is 5.86. The van der Waals surface area contributed by atoms with Gasteiger partial charge in [-0.15, -0.1) is 35.0 Å². The van der Waals surface area contributed by atoms with Crippen LogP contribution >= 0.6 is 0 Å². The minimum Gasteiger partial charge on any atom is -0.455 e. The third kappa shape index (κ3) is 2.97. The molecule has 0 aliphatic rings. The second kappa shape index (κ2) is 6.28. The Bertz CT molecular complexity index is 1020. The van der Waals surface area contributed by atoms with Crippen molar-refractivity contribution in [2.24, 2.45) is 0 Å². The van der Waals surface area contributed by atoms with Crippen molar-refractivity contribution in [3.05, 3.63) is 60.8 Å². The summed E-state index contributed by atoms with van der Waals surface area (Å²) in [5.74, 6) is 0. The van der Waals surface area contributed by atoms with E-state index in [0.717, 1.165) is 33.2 Å². The Balaban J connectivity index is 0.00000169. The van der Waals surface area contributed by atoms with Gasteiger partial charge in [-0.25, -0.2) is 0 Å². The van der Waals surface area contributed by atoms with Crippen molar-refractivity contribution in [2.45, 2.75) is 19.6 Å². The molecule has 4 heteroatoms. The van der Waals surface area contributed by atoms with E-state index in [1.807, 2.05) is 30.5 Å². The molecule has 123 valence electrons. The van der Waals surface area contributed by atoms with Gasteiger partial charge in [-0.05, 0) is 11.8 Å². The third-order valence-electron chi connectivity index (χ3n) is 4.21. The molecule has 4 rings (SSSR count). The van der Waals surface area contributed by atoms with Crippen molar-refractivity contribution < 1.29 is 24.5 Å². The van der Waals surface area contributed by atoms with Gasteiger partial charge in [0.15, 0.2) is 5.58 Å². The van der Waals surface area contributed by atoms with Gasteiger partial charge < -0.3 is 9.40 Å². The van der Waals surface area contributed by atoms with E-state index in [9.17, 15) is 0 Å². The molecule has 0 unspecified atom stereocenters. The first-order valence-corrected chi connectivity index (χ1v) is 11.3. The summed E-state index contributed by atoms with van der Waals surface area (Å²) in [4.78, 5) is 4.59. The number of rotatable bonds is 2. The van der Waals surface area contributed by atoms with Crippen molar-refractivity contribution in [1.82, 2.24) is 4.98 Å². The van der Waals surface area contributed by atoms with Gasteiger partial charge in [0, 0.05) is 30.9 Å². The van der Waals surface area contributed by atoms with Crippen LogP contribution in [0, 0.1) is 6.07 Å². The predicted molar refractivity (Wildman–Crippen MR) is 98.8 cm³/mol. The van der Waals surface area contributed by atoms with Crippen molar-refractivity contribution in [1.29, 1.82) is 0 Å². The quantitative estimate of drug-likeness (QED) is 0.282. The average Bonchev–Trinajstić information content (AvgIpc) is 2.92. The molecule has 0 spiro atoms. The molecule has 4 aromatic rings. The fourth-order valence-corrected chi connectivity index (χ4v) is 4.02. The zero-order valence-corrected chi connectivity index (χ0v) is 17.3. The molecule has 1 radical (unpaired) electrons. The monoisotopic (exact) mass is 509 g/mol. The minimum atomic E-state index is -1.35. The van der Waals surface area contributed by atoms with Crippen molar-refractivity contribution >= 4 is 35.2 Å². The second-order valence-electron chi connectivity index (χ2n) is 6.90. The van der Waals surface area contributed by atoms with Crippen molar-refractivity contribution in [2.75, 3.05) is 0 Å². The molecule has 2 aromatic carbocycles. The van der Waals surface area contributed by atoms with Gasteiger partial charge >= 0.3 is 0 Å². The van der Waals surface area contributed by atoms with Gasteiger partial charge in [-0.3, -0.25) is 0 Å². The van der Waals surface area contributed by atoms with Crippen molar-refractivity contribution in [3.8, 4) is 11.3 Å². The van der Waals surface area contributed by atoms with Crippen LogP contribution in [0.1, 0.15) is 0 Å². The normalized spacial score (nSPS) is 11.6. The zero-order chi connectivity index (χ0) is 16.0. The van der Waals surface area contributed by atoms with Crippen LogP contribution in [0.2, 0.25) is 19.6 Å². The molecular formula is C20H18IrNOSi-. The number of aromatic nitrogens is 1. The molecule has 0 fully saturated rings. The number of hydrogen-bond acceptors (Lipinski definition) is 2. The van der Waals surface area contributed by atoms with Crippen LogP contribution in [0.4, 0.5) is 0 Å². The fraction of sp³-hybridized carbons (Fsp3) is 0.150. The Morgan fingerprint density at radius 1 is 0.958 bits per heavy atom. The topological polar surface area (TPSA) is 26.0 Å². The Morgan fingerprint density at radius 3 is 2.54 bits per heavy atom. The number of para-hydroxylation sites is 1. The Labute approximate surface area is 156 Å². The number of pyridine rings is 1. The van der Waals surface area contributed by atoms with Crippen LogP contribution in [0.15, 0.2) is 59.1 Å².